The van der Waals surface area contributed by atoms with Crippen LogP contribution in [-0.4, -0.2) is 35.7 Å². The lowest BCUT2D eigenvalue weighted by molar-refractivity contribution is -0.150. The largest absolute Gasteiger partial charge is 0.352 e. The topological polar surface area (TPSA) is 48.0 Å². The molecule has 0 aliphatic carbocycles. The molecule has 3 aliphatic rings. The fourth-order valence-corrected chi connectivity index (χ4v) is 3.79. The molecule has 2 aromatic rings. The Hall–Kier alpha value is -2.21. The van der Waals surface area contributed by atoms with Gasteiger partial charge in [0.05, 0.1) is 12.6 Å². The van der Waals surface area contributed by atoms with Crippen LogP contribution in [0, 0.1) is 0 Å². The number of hydrogen-bond donors (Lipinski definition) is 0. The second kappa shape index (κ2) is 5.41. The SMILES string of the molecule is O=C1[C@@H]2OC(c3ccccc3)O[C@@H]2[C@@H]2CO[C@H](c3ccccc3)N12. The summed E-state index contributed by atoms with van der Waals surface area (Å²) < 4.78 is 17.9. The molecule has 1 amide bonds. The number of carbonyl (C=O) groups excluding carboxylic acids is 1. The predicted octanol–water partition coefficient (Wildman–Crippen LogP) is 2.41. The van der Waals surface area contributed by atoms with E-state index in [0.29, 0.717) is 6.61 Å². The summed E-state index contributed by atoms with van der Waals surface area (Å²) >= 11 is 0. The van der Waals surface area contributed by atoms with Gasteiger partial charge in [-0.1, -0.05) is 60.7 Å². The van der Waals surface area contributed by atoms with E-state index in [-0.39, 0.29) is 24.3 Å². The van der Waals surface area contributed by atoms with Gasteiger partial charge < -0.3 is 19.1 Å². The van der Waals surface area contributed by atoms with Crippen molar-refractivity contribution < 1.29 is 19.0 Å². The Balaban J connectivity index is 1.40. The molecule has 0 aromatic heterocycles. The summed E-state index contributed by atoms with van der Waals surface area (Å²) in [6, 6.07) is 19.4. The molecule has 0 bridgehead atoms. The summed E-state index contributed by atoms with van der Waals surface area (Å²) in [7, 11) is 0. The van der Waals surface area contributed by atoms with Crippen LogP contribution in [0.15, 0.2) is 60.7 Å². The monoisotopic (exact) mass is 323 g/mol. The first kappa shape index (κ1) is 14.2. The summed E-state index contributed by atoms with van der Waals surface area (Å²) in [4.78, 5) is 14.7. The van der Waals surface area contributed by atoms with Gasteiger partial charge in [-0.3, -0.25) is 4.79 Å². The fourth-order valence-electron chi connectivity index (χ4n) is 3.79. The van der Waals surface area contributed by atoms with Crippen LogP contribution in [0.5, 0.6) is 0 Å². The standard InChI is InChI=1S/C19H17NO4/c21-17-16-15(23-19(24-16)13-9-5-2-6-10-13)14-11-22-18(20(14)17)12-7-3-1-4-8-12/h1-10,14-16,18-19H,11H2/t14-,15+,16+,18+,19?/m0/s1. The molecule has 2 aromatic carbocycles. The Morgan fingerprint density at radius 3 is 2.25 bits per heavy atom. The zero-order chi connectivity index (χ0) is 16.1. The molecule has 5 heteroatoms. The molecular formula is C19H17NO4. The third-order valence-corrected chi connectivity index (χ3v) is 4.92. The fraction of sp³-hybridized carbons (Fsp3) is 0.316. The first-order valence-corrected chi connectivity index (χ1v) is 8.17. The predicted molar refractivity (Wildman–Crippen MR) is 84.7 cm³/mol. The molecule has 0 spiro atoms. The maximum absolute atomic E-state index is 12.9. The summed E-state index contributed by atoms with van der Waals surface area (Å²) in [5.74, 6) is -0.0465. The number of benzene rings is 2. The van der Waals surface area contributed by atoms with Crippen LogP contribution < -0.4 is 0 Å². The van der Waals surface area contributed by atoms with Gasteiger partial charge in [-0.25, -0.2) is 0 Å². The second-order valence-corrected chi connectivity index (χ2v) is 6.31. The molecule has 0 N–H and O–H groups in total. The van der Waals surface area contributed by atoms with E-state index in [1.165, 1.54) is 0 Å². The van der Waals surface area contributed by atoms with E-state index >= 15 is 0 Å². The lowest BCUT2D eigenvalue weighted by Crippen LogP contribution is -2.35. The number of amides is 1. The minimum Gasteiger partial charge on any atom is -0.352 e. The minimum atomic E-state index is -0.546. The highest BCUT2D eigenvalue weighted by molar-refractivity contribution is 5.86. The minimum absolute atomic E-state index is 0.0465. The average molecular weight is 323 g/mol. The molecule has 122 valence electrons. The van der Waals surface area contributed by atoms with Gasteiger partial charge in [0, 0.05) is 11.1 Å². The van der Waals surface area contributed by atoms with Gasteiger partial charge in [-0.2, -0.15) is 0 Å². The van der Waals surface area contributed by atoms with Crippen molar-refractivity contribution in [2.45, 2.75) is 30.8 Å². The summed E-state index contributed by atoms with van der Waals surface area (Å²) in [6.45, 7) is 0.470. The zero-order valence-corrected chi connectivity index (χ0v) is 12.9. The first-order valence-electron chi connectivity index (χ1n) is 8.17. The van der Waals surface area contributed by atoms with Crippen molar-refractivity contribution >= 4 is 5.91 Å². The van der Waals surface area contributed by atoms with Crippen molar-refractivity contribution in [3.63, 3.8) is 0 Å². The van der Waals surface area contributed by atoms with Crippen LogP contribution in [-0.2, 0) is 19.0 Å². The molecule has 0 saturated carbocycles. The molecule has 1 unspecified atom stereocenters. The van der Waals surface area contributed by atoms with Crippen molar-refractivity contribution in [1.82, 2.24) is 4.90 Å². The quantitative estimate of drug-likeness (QED) is 0.851. The highest BCUT2D eigenvalue weighted by atomic mass is 16.7. The third-order valence-electron chi connectivity index (χ3n) is 4.92. The van der Waals surface area contributed by atoms with Gasteiger partial charge in [0.15, 0.2) is 18.6 Å². The van der Waals surface area contributed by atoms with Gasteiger partial charge >= 0.3 is 0 Å². The van der Waals surface area contributed by atoms with Crippen LogP contribution in [0.25, 0.3) is 0 Å². The molecule has 5 nitrogen and oxygen atoms in total. The zero-order valence-electron chi connectivity index (χ0n) is 12.9. The van der Waals surface area contributed by atoms with Gasteiger partial charge in [-0.15, -0.1) is 0 Å². The lowest BCUT2D eigenvalue weighted by Gasteiger charge is -2.24. The highest BCUT2D eigenvalue weighted by Gasteiger charge is 2.60. The van der Waals surface area contributed by atoms with E-state index in [9.17, 15) is 4.79 Å². The maximum Gasteiger partial charge on any atom is 0.257 e. The van der Waals surface area contributed by atoms with Crippen molar-refractivity contribution in [3.05, 3.63) is 71.8 Å². The average Bonchev–Trinajstić information content (AvgIpc) is 3.31. The van der Waals surface area contributed by atoms with E-state index in [1.807, 2.05) is 60.7 Å². The highest BCUT2D eigenvalue weighted by Crippen LogP contribution is 2.45. The Kier molecular flexibility index (Phi) is 3.19. The third kappa shape index (κ3) is 2.02. The molecule has 5 atom stereocenters. The molecule has 0 radical (unpaired) electrons. The van der Waals surface area contributed by atoms with Crippen molar-refractivity contribution in [2.75, 3.05) is 6.61 Å². The second-order valence-electron chi connectivity index (χ2n) is 6.31. The Morgan fingerprint density at radius 1 is 0.875 bits per heavy atom. The van der Waals surface area contributed by atoms with Crippen molar-refractivity contribution in [1.29, 1.82) is 0 Å². The molecule has 3 fully saturated rings. The first-order chi connectivity index (χ1) is 11.8. The molecule has 3 heterocycles. The van der Waals surface area contributed by atoms with Crippen molar-refractivity contribution in [3.8, 4) is 0 Å². The van der Waals surface area contributed by atoms with Gasteiger partial charge in [-0.05, 0) is 0 Å². The maximum atomic E-state index is 12.9. The van der Waals surface area contributed by atoms with E-state index in [1.54, 1.807) is 4.90 Å². The number of ether oxygens (including phenoxy) is 3. The van der Waals surface area contributed by atoms with Gasteiger partial charge in [0.25, 0.3) is 5.91 Å². The molecular weight excluding hydrogens is 306 g/mol. The molecule has 3 aliphatic heterocycles. The van der Waals surface area contributed by atoms with Gasteiger partial charge in [0.2, 0.25) is 0 Å². The summed E-state index contributed by atoms with van der Waals surface area (Å²) in [5, 5.41) is 0. The number of nitrogens with zero attached hydrogens (tertiary/aromatic N) is 1. The summed E-state index contributed by atoms with van der Waals surface area (Å²) in [6.07, 6.45) is -1.66. The lowest BCUT2D eigenvalue weighted by atomic mass is 10.1. The Morgan fingerprint density at radius 2 is 1.54 bits per heavy atom. The van der Waals surface area contributed by atoms with E-state index in [2.05, 4.69) is 0 Å². The van der Waals surface area contributed by atoms with Crippen molar-refractivity contribution in [2.24, 2.45) is 0 Å². The van der Waals surface area contributed by atoms with Crippen LogP contribution in [0.4, 0.5) is 0 Å². The van der Waals surface area contributed by atoms with E-state index in [4.69, 9.17) is 14.2 Å². The number of fused-ring (bicyclic) bond motifs is 3. The molecule has 3 saturated heterocycles. The summed E-state index contributed by atoms with van der Waals surface area (Å²) in [5.41, 5.74) is 1.91. The smallest absolute Gasteiger partial charge is 0.257 e. The van der Waals surface area contributed by atoms with E-state index in [0.717, 1.165) is 11.1 Å². The number of hydrogen-bond acceptors (Lipinski definition) is 4. The number of rotatable bonds is 2. The normalized spacial score (nSPS) is 34.4. The van der Waals surface area contributed by atoms with Crippen LogP contribution in [0.2, 0.25) is 0 Å². The Bertz CT molecular complexity index is 750. The van der Waals surface area contributed by atoms with Gasteiger partial charge in [0.1, 0.15) is 6.10 Å². The van der Waals surface area contributed by atoms with E-state index < -0.39 is 12.4 Å². The van der Waals surface area contributed by atoms with Crippen LogP contribution >= 0.6 is 0 Å². The van der Waals surface area contributed by atoms with Crippen LogP contribution in [0.3, 0.4) is 0 Å². The Labute approximate surface area is 139 Å². The molecule has 5 rings (SSSR count). The number of carbonyl (C=O) groups is 1. The van der Waals surface area contributed by atoms with Crippen LogP contribution in [0.1, 0.15) is 23.6 Å². The molecule has 24 heavy (non-hydrogen) atoms.